The molecule has 1 atom stereocenters. The third kappa shape index (κ3) is 2.79. The summed E-state index contributed by atoms with van der Waals surface area (Å²) in [6.07, 6.45) is 2.01. The molecule has 3 nitrogen and oxygen atoms in total. The zero-order valence-corrected chi connectivity index (χ0v) is 10.7. The van der Waals surface area contributed by atoms with Crippen molar-refractivity contribution in [3.63, 3.8) is 0 Å². The molecular weight excluding hydrogens is 214 g/mol. The average Bonchev–Trinajstić information content (AvgIpc) is 2.83. The molecule has 1 heterocycles. The summed E-state index contributed by atoms with van der Waals surface area (Å²) in [6, 6.07) is 6.74. The highest BCUT2D eigenvalue weighted by Crippen LogP contribution is 2.34. The van der Waals surface area contributed by atoms with E-state index >= 15 is 0 Å². The van der Waals surface area contributed by atoms with Gasteiger partial charge in [0, 0.05) is 31.2 Å². The first kappa shape index (κ1) is 12.4. The Morgan fingerprint density at radius 2 is 2.35 bits per heavy atom. The molecule has 0 aromatic heterocycles. The largest absolute Gasteiger partial charge is 0.493 e. The zero-order valence-electron chi connectivity index (χ0n) is 10.7. The maximum Gasteiger partial charge on any atom is 0.127 e. The second-order valence-corrected chi connectivity index (χ2v) is 4.26. The van der Waals surface area contributed by atoms with Crippen LogP contribution in [-0.4, -0.2) is 26.9 Å². The van der Waals surface area contributed by atoms with Gasteiger partial charge in [0.05, 0.1) is 6.61 Å². The summed E-state index contributed by atoms with van der Waals surface area (Å²) < 4.78 is 11.2. The molecule has 1 N–H and O–H groups in total. The molecule has 1 aromatic rings. The van der Waals surface area contributed by atoms with E-state index in [4.69, 9.17) is 9.47 Å². The normalized spacial score (nSPS) is 15.4. The van der Waals surface area contributed by atoms with E-state index in [0.717, 1.165) is 38.4 Å². The molecule has 0 saturated carbocycles. The lowest BCUT2D eigenvalue weighted by Crippen LogP contribution is -2.19. The lowest BCUT2D eigenvalue weighted by Gasteiger charge is -2.19. The Balaban J connectivity index is 2.11. The minimum absolute atomic E-state index is 0.314. The molecular formula is C14H21NO2. The summed E-state index contributed by atoms with van der Waals surface area (Å²) >= 11 is 0. The summed E-state index contributed by atoms with van der Waals surface area (Å²) in [5.41, 5.74) is 2.60. The van der Waals surface area contributed by atoms with Crippen molar-refractivity contribution < 1.29 is 9.47 Å². The molecule has 17 heavy (non-hydrogen) atoms. The molecule has 0 aliphatic carbocycles. The van der Waals surface area contributed by atoms with Gasteiger partial charge in [-0.1, -0.05) is 18.2 Å². The van der Waals surface area contributed by atoms with Crippen LogP contribution in [0.5, 0.6) is 5.75 Å². The van der Waals surface area contributed by atoms with E-state index in [0.29, 0.717) is 6.04 Å². The number of nitrogens with one attached hydrogen (secondary N) is 1. The van der Waals surface area contributed by atoms with Gasteiger partial charge >= 0.3 is 0 Å². The molecule has 0 fully saturated rings. The Morgan fingerprint density at radius 3 is 3.12 bits per heavy atom. The summed E-state index contributed by atoms with van der Waals surface area (Å²) in [7, 11) is 1.99. The van der Waals surface area contributed by atoms with Gasteiger partial charge in [-0.05, 0) is 26.0 Å². The smallest absolute Gasteiger partial charge is 0.127 e. The number of hydrogen-bond donors (Lipinski definition) is 1. The summed E-state index contributed by atoms with van der Waals surface area (Å²) in [5.74, 6) is 1.09. The molecule has 0 spiro atoms. The van der Waals surface area contributed by atoms with Crippen LogP contribution in [0.15, 0.2) is 18.2 Å². The quantitative estimate of drug-likeness (QED) is 0.767. The van der Waals surface area contributed by atoms with Crippen LogP contribution in [0.4, 0.5) is 0 Å². The summed E-state index contributed by atoms with van der Waals surface area (Å²) in [6.45, 7) is 4.40. The number of ether oxygens (including phenoxy) is 2. The van der Waals surface area contributed by atoms with E-state index in [1.54, 1.807) is 0 Å². The molecule has 3 heteroatoms. The number of fused-ring (bicyclic) bond motifs is 1. The second-order valence-electron chi connectivity index (χ2n) is 4.26. The fourth-order valence-corrected chi connectivity index (χ4v) is 2.32. The Hall–Kier alpha value is -1.06. The fourth-order valence-electron chi connectivity index (χ4n) is 2.32. The molecule has 0 amide bonds. The van der Waals surface area contributed by atoms with Crippen LogP contribution in [0, 0.1) is 0 Å². The van der Waals surface area contributed by atoms with Gasteiger partial charge in [-0.3, -0.25) is 0 Å². The molecule has 1 aliphatic heterocycles. The van der Waals surface area contributed by atoms with Crippen LogP contribution in [0.2, 0.25) is 0 Å². The van der Waals surface area contributed by atoms with Crippen molar-refractivity contribution in [1.82, 2.24) is 5.32 Å². The van der Waals surface area contributed by atoms with Crippen LogP contribution >= 0.6 is 0 Å². The molecule has 2 rings (SSSR count). The standard InChI is InChI=1S/C14H21NO2/c1-3-16-9-8-13(15-2)12-6-4-5-11-7-10-17-14(11)12/h4-6,13,15H,3,7-10H2,1-2H3. The lowest BCUT2D eigenvalue weighted by molar-refractivity contribution is 0.137. The van der Waals surface area contributed by atoms with Gasteiger partial charge in [0.2, 0.25) is 0 Å². The predicted molar refractivity (Wildman–Crippen MR) is 68.6 cm³/mol. The minimum atomic E-state index is 0.314. The Labute approximate surface area is 103 Å². The topological polar surface area (TPSA) is 30.5 Å². The molecule has 1 aliphatic rings. The molecule has 0 saturated heterocycles. The van der Waals surface area contributed by atoms with Gasteiger partial charge in [-0.15, -0.1) is 0 Å². The van der Waals surface area contributed by atoms with Crippen LogP contribution < -0.4 is 10.1 Å². The van der Waals surface area contributed by atoms with Crippen molar-refractivity contribution in [1.29, 1.82) is 0 Å². The first-order valence-electron chi connectivity index (χ1n) is 6.36. The number of benzene rings is 1. The van der Waals surface area contributed by atoms with Crippen LogP contribution in [-0.2, 0) is 11.2 Å². The van der Waals surface area contributed by atoms with Crippen LogP contribution in [0.1, 0.15) is 30.5 Å². The van der Waals surface area contributed by atoms with Gasteiger partial charge in [-0.25, -0.2) is 0 Å². The number of rotatable bonds is 6. The van der Waals surface area contributed by atoms with Crippen molar-refractivity contribution in [3.8, 4) is 5.75 Å². The van der Waals surface area contributed by atoms with Gasteiger partial charge in [0.25, 0.3) is 0 Å². The van der Waals surface area contributed by atoms with Gasteiger partial charge in [0.15, 0.2) is 0 Å². The lowest BCUT2D eigenvalue weighted by atomic mass is 10.00. The number of para-hydroxylation sites is 1. The van der Waals surface area contributed by atoms with Crippen molar-refractivity contribution in [2.24, 2.45) is 0 Å². The van der Waals surface area contributed by atoms with E-state index in [1.165, 1.54) is 11.1 Å². The van der Waals surface area contributed by atoms with E-state index in [1.807, 2.05) is 14.0 Å². The highest BCUT2D eigenvalue weighted by molar-refractivity contribution is 5.45. The van der Waals surface area contributed by atoms with E-state index in [9.17, 15) is 0 Å². The van der Waals surface area contributed by atoms with Crippen LogP contribution in [0.3, 0.4) is 0 Å². The molecule has 1 unspecified atom stereocenters. The Morgan fingerprint density at radius 1 is 1.47 bits per heavy atom. The monoisotopic (exact) mass is 235 g/mol. The first-order valence-corrected chi connectivity index (χ1v) is 6.36. The van der Waals surface area contributed by atoms with Gasteiger partial charge < -0.3 is 14.8 Å². The predicted octanol–water partition coefficient (Wildman–Crippen LogP) is 2.31. The van der Waals surface area contributed by atoms with Crippen molar-refractivity contribution in [2.75, 3.05) is 26.9 Å². The van der Waals surface area contributed by atoms with Crippen molar-refractivity contribution in [3.05, 3.63) is 29.3 Å². The SMILES string of the molecule is CCOCCC(NC)c1cccc2c1OCC2. The van der Waals surface area contributed by atoms with Crippen molar-refractivity contribution in [2.45, 2.75) is 25.8 Å². The second kappa shape index (κ2) is 6.03. The van der Waals surface area contributed by atoms with E-state index in [2.05, 4.69) is 23.5 Å². The van der Waals surface area contributed by atoms with Gasteiger partial charge in [0.1, 0.15) is 5.75 Å². The highest BCUT2D eigenvalue weighted by Gasteiger charge is 2.20. The third-order valence-electron chi connectivity index (χ3n) is 3.22. The molecule has 0 bridgehead atoms. The molecule has 1 aromatic carbocycles. The average molecular weight is 235 g/mol. The Kier molecular flexibility index (Phi) is 4.40. The van der Waals surface area contributed by atoms with E-state index in [-0.39, 0.29) is 0 Å². The minimum Gasteiger partial charge on any atom is -0.493 e. The van der Waals surface area contributed by atoms with Crippen molar-refractivity contribution >= 4 is 0 Å². The summed E-state index contributed by atoms with van der Waals surface area (Å²) in [4.78, 5) is 0. The van der Waals surface area contributed by atoms with Crippen LogP contribution in [0.25, 0.3) is 0 Å². The maximum atomic E-state index is 5.74. The molecule has 94 valence electrons. The van der Waals surface area contributed by atoms with E-state index < -0.39 is 0 Å². The molecule has 0 radical (unpaired) electrons. The Bertz CT molecular complexity index is 365. The third-order valence-corrected chi connectivity index (χ3v) is 3.22. The number of hydrogen-bond acceptors (Lipinski definition) is 3. The zero-order chi connectivity index (χ0) is 12.1. The van der Waals surface area contributed by atoms with Gasteiger partial charge in [-0.2, -0.15) is 0 Å². The maximum absolute atomic E-state index is 5.74. The highest BCUT2D eigenvalue weighted by atomic mass is 16.5. The fraction of sp³-hybridized carbons (Fsp3) is 0.571. The summed E-state index contributed by atoms with van der Waals surface area (Å²) in [5, 5.41) is 3.35. The first-order chi connectivity index (χ1) is 8.36.